The van der Waals surface area contributed by atoms with Crippen LogP contribution in [0.1, 0.15) is 6.42 Å². The highest BCUT2D eigenvalue weighted by atomic mass is 35.5. The molecule has 0 aromatic heterocycles. The molecule has 0 bridgehead atoms. The standard InChI is InChI=1S/C14H16ClN3O3S/c15-6-1-3-7(4-2-6)17-14-18-10-11(20)9(19)5-8(13(16)21)12(10)22-14/h1-4,8-12,19-20H,5H2,(H2,16,21)(H,17,18)/t8-,9+,10+,11-,12+/m0/s1. The van der Waals surface area contributed by atoms with Crippen LogP contribution in [-0.2, 0) is 4.79 Å². The van der Waals surface area contributed by atoms with Gasteiger partial charge in [0.15, 0.2) is 5.17 Å². The lowest BCUT2D eigenvalue weighted by Gasteiger charge is -2.36. The van der Waals surface area contributed by atoms with Crippen LogP contribution in [0.15, 0.2) is 29.3 Å². The minimum atomic E-state index is -0.988. The van der Waals surface area contributed by atoms with E-state index >= 15 is 0 Å². The molecule has 0 radical (unpaired) electrons. The quantitative estimate of drug-likeness (QED) is 0.637. The van der Waals surface area contributed by atoms with Crippen molar-refractivity contribution in [2.45, 2.75) is 29.9 Å². The molecule has 1 fully saturated rings. The van der Waals surface area contributed by atoms with Crippen LogP contribution in [0.2, 0.25) is 5.02 Å². The second-order valence-electron chi connectivity index (χ2n) is 5.44. The zero-order valence-corrected chi connectivity index (χ0v) is 13.1. The van der Waals surface area contributed by atoms with Gasteiger partial charge in [-0.3, -0.25) is 9.79 Å². The summed E-state index contributed by atoms with van der Waals surface area (Å²) in [5, 5.41) is 24.1. The van der Waals surface area contributed by atoms with Gasteiger partial charge < -0.3 is 21.3 Å². The van der Waals surface area contributed by atoms with Crippen molar-refractivity contribution in [2.75, 3.05) is 5.32 Å². The SMILES string of the molecule is NC(=O)[C@H]1C[C@@H](O)[C@H](O)[C@H]2N=C(Nc3ccc(Cl)cc3)S[C@@H]21. The summed E-state index contributed by atoms with van der Waals surface area (Å²) in [7, 11) is 0. The molecular weight excluding hydrogens is 326 g/mol. The summed E-state index contributed by atoms with van der Waals surface area (Å²) in [4.78, 5) is 16.0. The molecule has 1 aliphatic carbocycles. The van der Waals surface area contributed by atoms with E-state index in [2.05, 4.69) is 10.3 Å². The van der Waals surface area contributed by atoms with Crippen LogP contribution in [0, 0.1) is 5.92 Å². The number of aliphatic hydroxyl groups is 2. The first-order chi connectivity index (χ1) is 10.5. The molecule has 1 saturated carbocycles. The Morgan fingerprint density at radius 2 is 2.05 bits per heavy atom. The van der Waals surface area contributed by atoms with Gasteiger partial charge in [0.05, 0.1) is 18.1 Å². The van der Waals surface area contributed by atoms with Gasteiger partial charge in [-0.1, -0.05) is 23.4 Å². The highest BCUT2D eigenvalue weighted by molar-refractivity contribution is 8.15. The number of amides is 1. The number of aliphatic imine (C=N–C) groups is 1. The zero-order valence-electron chi connectivity index (χ0n) is 11.5. The first kappa shape index (κ1) is 15.6. The smallest absolute Gasteiger partial charge is 0.221 e. The van der Waals surface area contributed by atoms with Gasteiger partial charge in [-0.05, 0) is 30.7 Å². The molecule has 1 aliphatic heterocycles. The molecule has 22 heavy (non-hydrogen) atoms. The summed E-state index contributed by atoms with van der Waals surface area (Å²) < 4.78 is 0. The molecule has 8 heteroatoms. The number of nitrogens with two attached hydrogens (primary N) is 1. The minimum absolute atomic E-state index is 0.161. The van der Waals surface area contributed by atoms with E-state index in [0.717, 1.165) is 5.69 Å². The molecular formula is C14H16ClN3O3S. The Balaban J connectivity index is 1.78. The lowest BCUT2D eigenvalue weighted by Crippen LogP contribution is -2.53. The molecule has 0 unspecified atom stereocenters. The number of amidine groups is 1. The summed E-state index contributed by atoms with van der Waals surface area (Å²) in [6.45, 7) is 0. The Labute approximate surface area is 136 Å². The molecule has 1 amide bonds. The first-order valence-corrected chi connectivity index (χ1v) is 8.14. The maximum atomic E-state index is 11.6. The maximum Gasteiger partial charge on any atom is 0.221 e. The number of nitrogens with one attached hydrogen (secondary N) is 1. The Kier molecular flexibility index (Phi) is 4.31. The van der Waals surface area contributed by atoms with Crippen molar-refractivity contribution in [3.8, 4) is 0 Å². The average Bonchev–Trinajstić information content (AvgIpc) is 2.89. The number of hydrogen-bond acceptors (Lipinski definition) is 6. The number of primary amides is 1. The van der Waals surface area contributed by atoms with Crippen molar-refractivity contribution in [1.29, 1.82) is 0 Å². The normalized spacial score (nSPS) is 34.0. The molecule has 1 heterocycles. The molecule has 3 rings (SSSR count). The number of thioether (sulfide) groups is 1. The molecule has 5 N–H and O–H groups in total. The number of halogens is 1. The second-order valence-corrected chi connectivity index (χ2v) is 7.04. The van der Waals surface area contributed by atoms with Gasteiger partial charge in [0, 0.05) is 16.0 Å². The van der Waals surface area contributed by atoms with Crippen LogP contribution >= 0.6 is 23.4 Å². The van der Waals surface area contributed by atoms with Gasteiger partial charge in [-0.2, -0.15) is 0 Å². The van der Waals surface area contributed by atoms with E-state index in [9.17, 15) is 15.0 Å². The predicted molar refractivity (Wildman–Crippen MR) is 87.0 cm³/mol. The first-order valence-electron chi connectivity index (χ1n) is 6.88. The molecule has 0 spiro atoms. The average molecular weight is 342 g/mol. The summed E-state index contributed by atoms with van der Waals surface area (Å²) in [5.74, 6) is -0.988. The number of nitrogens with zero attached hydrogens (tertiary/aromatic N) is 1. The maximum absolute atomic E-state index is 11.6. The highest BCUT2D eigenvalue weighted by Crippen LogP contribution is 2.41. The van der Waals surface area contributed by atoms with Crippen LogP contribution in [0.4, 0.5) is 5.69 Å². The summed E-state index contributed by atoms with van der Waals surface area (Å²) >= 11 is 7.21. The molecule has 1 aromatic rings. The number of benzene rings is 1. The van der Waals surface area contributed by atoms with Crippen LogP contribution < -0.4 is 11.1 Å². The fourth-order valence-corrected chi connectivity index (χ4v) is 4.30. The lowest BCUT2D eigenvalue weighted by atomic mass is 9.81. The highest BCUT2D eigenvalue weighted by Gasteiger charge is 2.49. The van der Waals surface area contributed by atoms with E-state index in [1.807, 2.05) is 12.1 Å². The van der Waals surface area contributed by atoms with Gasteiger partial charge >= 0.3 is 0 Å². The predicted octanol–water partition coefficient (Wildman–Crippen LogP) is 0.819. The molecule has 118 valence electrons. The number of rotatable bonds is 2. The Morgan fingerprint density at radius 1 is 1.36 bits per heavy atom. The van der Waals surface area contributed by atoms with Crippen molar-refractivity contribution in [3.05, 3.63) is 29.3 Å². The number of carbonyl (C=O) groups excluding carboxylic acids is 1. The van der Waals surface area contributed by atoms with E-state index in [1.165, 1.54) is 11.8 Å². The molecule has 6 nitrogen and oxygen atoms in total. The van der Waals surface area contributed by atoms with E-state index in [-0.39, 0.29) is 11.7 Å². The van der Waals surface area contributed by atoms with E-state index < -0.39 is 30.1 Å². The van der Waals surface area contributed by atoms with Crippen molar-refractivity contribution >= 4 is 40.1 Å². The fraction of sp³-hybridized carbons (Fsp3) is 0.429. The van der Waals surface area contributed by atoms with Crippen molar-refractivity contribution in [3.63, 3.8) is 0 Å². The number of fused-ring (bicyclic) bond motifs is 1. The van der Waals surface area contributed by atoms with Crippen LogP contribution in [0.5, 0.6) is 0 Å². The van der Waals surface area contributed by atoms with Gasteiger partial charge in [-0.25, -0.2) is 0 Å². The number of aliphatic hydroxyl groups excluding tert-OH is 2. The zero-order chi connectivity index (χ0) is 15.9. The lowest BCUT2D eigenvalue weighted by molar-refractivity contribution is -0.126. The number of anilines is 1. The minimum Gasteiger partial charge on any atom is -0.390 e. The van der Waals surface area contributed by atoms with Crippen molar-refractivity contribution in [1.82, 2.24) is 0 Å². The van der Waals surface area contributed by atoms with Crippen LogP contribution in [0.25, 0.3) is 0 Å². The summed E-state index contributed by atoms with van der Waals surface area (Å²) in [6, 6.07) is 6.58. The summed E-state index contributed by atoms with van der Waals surface area (Å²) in [6.07, 6.45) is -1.82. The topological polar surface area (TPSA) is 108 Å². The molecule has 0 saturated heterocycles. The van der Waals surface area contributed by atoms with Crippen LogP contribution in [-0.4, -0.2) is 44.8 Å². The number of carbonyl (C=O) groups is 1. The third-order valence-electron chi connectivity index (χ3n) is 3.95. The molecule has 5 atom stereocenters. The van der Waals surface area contributed by atoms with E-state index in [4.69, 9.17) is 17.3 Å². The van der Waals surface area contributed by atoms with Gasteiger partial charge in [0.2, 0.25) is 5.91 Å². The Hall–Kier alpha value is -1.28. The van der Waals surface area contributed by atoms with Crippen molar-refractivity contribution in [2.24, 2.45) is 16.6 Å². The largest absolute Gasteiger partial charge is 0.390 e. The second kappa shape index (κ2) is 6.08. The Bertz CT molecular complexity index is 610. The van der Waals surface area contributed by atoms with Crippen molar-refractivity contribution < 1.29 is 15.0 Å². The van der Waals surface area contributed by atoms with E-state index in [0.29, 0.717) is 10.2 Å². The Morgan fingerprint density at radius 3 is 2.68 bits per heavy atom. The summed E-state index contributed by atoms with van der Waals surface area (Å²) in [5.41, 5.74) is 6.22. The molecule has 1 aromatic carbocycles. The van der Waals surface area contributed by atoms with Gasteiger partial charge in [0.25, 0.3) is 0 Å². The van der Waals surface area contributed by atoms with E-state index in [1.54, 1.807) is 12.1 Å². The third-order valence-corrected chi connectivity index (χ3v) is 5.51. The molecule has 2 aliphatic rings. The fourth-order valence-electron chi connectivity index (χ4n) is 2.79. The third kappa shape index (κ3) is 2.94. The van der Waals surface area contributed by atoms with Gasteiger partial charge in [-0.15, -0.1) is 0 Å². The monoisotopic (exact) mass is 341 g/mol. The number of hydrogen-bond donors (Lipinski definition) is 4. The van der Waals surface area contributed by atoms with Crippen LogP contribution in [0.3, 0.4) is 0 Å². The van der Waals surface area contributed by atoms with Gasteiger partial charge in [0.1, 0.15) is 6.10 Å².